The number of aromatic amines is 1. The number of H-pyrrole nitrogens is 1. The molecule has 124 valence electrons. The number of hydrogen-bond donors (Lipinski definition) is 3. The van der Waals surface area contributed by atoms with Gasteiger partial charge in [0.25, 0.3) is 5.91 Å². The summed E-state index contributed by atoms with van der Waals surface area (Å²) in [5.74, 6) is -0.701. The van der Waals surface area contributed by atoms with Gasteiger partial charge in [0, 0.05) is 29.8 Å². The van der Waals surface area contributed by atoms with Gasteiger partial charge in [-0.05, 0) is 26.2 Å². The molecule has 0 bridgehead atoms. The highest BCUT2D eigenvalue weighted by molar-refractivity contribution is 7.28. The SMILES string of the molecule is CN[C@H]1CN(C)C[C@H]1NC(=O)c1cc2cc(Cl)c(F)c(P)c2[nH]1. The summed E-state index contributed by atoms with van der Waals surface area (Å²) in [6, 6.07) is 3.45. The zero-order chi connectivity index (χ0) is 16.7. The van der Waals surface area contributed by atoms with Gasteiger partial charge in [0.05, 0.1) is 16.6 Å². The summed E-state index contributed by atoms with van der Waals surface area (Å²) >= 11 is 5.86. The van der Waals surface area contributed by atoms with Crippen LogP contribution in [0.2, 0.25) is 5.02 Å². The molecule has 1 aliphatic rings. The minimum absolute atomic E-state index is 0.0275. The highest BCUT2D eigenvalue weighted by atomic mass is 35.5. The molecule has 1 unspecified atom stereocenters. The maximum Gasteiger partial charge on any atom is 0.268 e. The lowest BCUT2D eigenvalue weighted by atomic mass is 10.1. The van der Waals surface area contributed by atoms with Crippen LogP contribution in [0.25, 0.3) is 10.9 Å². The van der Waals surface area contributed by atoms with E-state index in [0.29, 0.717) is 21.9 Å². The van der Waals surface area contributed by atoms with Gasteiger partial charge in [-0.15, -0.1) is 9.24 Å². The first-order chi connectivity index (χ1) is 10.9. The molecule has 2 heterocycles. The van der Waals surface area contributed by atoms with Gasteiger partial charge >= 0.3 is 0 Å². The lowest BCUT2D eigenvalue weighted by molar-refractivity contribution is 0.0930. The fourth-order valence-electron chi connectivity index (χ4n) is 3.05. The number of hydrogen-bond acceptors (Lipinski definition) is 3. The van der Waals surface area contributed by atoms with Gasteiger partial charge < -0.3 is 20.5 Å². The van der Waals surface area contributed by atoms with Crippen molar-refractivity contribution < 1.29 is 9.18 Å². The van der Waals surface area contributed by atoms with Gasteiger partial charge in [-0.25, -0.2) is 4.39 Å². The van der Waals surface area contributed by atoms with Crippen molar-refractivity contribution in [1.29, 1.82) is 0 Å². The highest BCUT2D eigenvalue weighted by Crippen LogP contribution is 2.24. The zero-order valence-electron chi connectivity index (χ0n) is 12.9. The molecule has 2 aromatic rings. The van der Waals surface area contributed by atoms with Crippen molar-refractivity contribution in [2.24, 2.45) is 0 Å². The number of likely N-dealkylation sites (N-methyl/N-ethyl adjacent to an activating group) is 2. The third-order valence-corrected chi connectivity index (χ3v) is 5.10. The van der Waals surface area contributed by atoms with Crippen LogP contribution in [0.15, 0.2) is 12.1 Å². The van der Waals surface area contributed by atoms with Gasteiger partial charge in [0.1, 0.15) is 5.69 Å². The van der Waals surface area contributed by atoms with Gasteiger partial charge in [-0.3, -0.25) is 4.79 Å². The van der Waals surface area contributed by atoms with Gasteiger partial charge in [-0.1, -0.05) is 11.6 Å². The normalized spacial score (nSPS) is 22.0. The third kappa shape index (κ3) is 3.09. The van der Waals surface area contributed by atoms with Crippen LogP contribution in [-0.4, -0.2) is 55.1 Å². The average molecular weight is 357 g/mol. The summed E-state index contributed by atoms with van der Waals surface area (Å²) in [4.78, 5) is 17.6. The van der Waals surface area contributed by atoms with E-state index in [1.54, 1.807) is 6.07 Å². The summed E-state index contributed by atoms with van der Waals surface area (Å²) in [6.45, 7) is 1.66. The number of nitrogens with one attached hydrogen (secondary N) is 3. The Morgan fingerprint density at radius 1 is 1.43 bits per heavy atom. The van der Waals surface area contributed by atoms with Crippen LogP contribution in [-0.2, 0) is 0 Å². The second-order valence-electron chi connectivity index (χ2n) is 5.93. The minimum atomic E-state index is -0.495. The molecule has 1 amide bonds. The largest absolute Gasteiger partial charge is 0.350 e. The predicted octanol–water partition coefficient (Wildman–Crippen LogP) is 1.09. The molecule has 1 fully saturated rings. The number of carbonyl (C=O) groups is 1. The first-order valence-electron chi connectivity index (χ1n) is 7.33. The summed E-state index contributed by atoms with van der Waals surface area (Å²) in [6.07, 6.45) is 0. The van der Waals surface area contributed by atoms with Crippen molar-refractivity contribution in [2.45, 2.75) is 12.1 Å². The Labute approximate surface area is 141 Å². The second kappa shape index (κ2) is 6.36. The van der Waals surface area contributed by atoms with Crippen molar-refractivity contribution in [3.8, 4) is 0 Å². The Morgan fingerprint density at radius 3 is 2.83 bits per heavy atom. The number of likely N-dealkylation sites (tertiary alicyclic amines) is 1. The Morgan fingerprint density at radius 2 is 2.13 bits per heavy atom. The van der Waals surface area contributed by atoms with E-state index >= 15 is 0 Å². The van der Waals surface area contributed by atoms with Gasteiger partial charge in [0.15, 0.2) is 5.82 Å². The molecule has 3 N–H and O–H groups in total. The van der Waals surface area contributed by atoms with Crippen LogP contribution in [0.4, 0.5) is 4.39 Å². The Balaban J connectivity index is 1.85. The lowest BCUT2D eigenvalue weighted by Gasteiger charge is -2.18. The van der Waals surface area contributed by atoms with E-state index in [1.807, 2.05) is 14.1 Å². The molecule has 1 saturated heterocycles. The lowest BCUT2D eigenvalue weighted by Crippen LogP contribution is -2.48. The number of benzene rings is 1. The van der Waals surface area contributed by atoms with E-state index in [9.17, 15) is 9.18 Å². The fraction of sp³-hybridized carbons (Fsp3) is 0.400. The van der Waals surface area contributed by atoms with Crippen molar-refractivity contribution in [1.82, 2.24) is 20.5 Å². The molecule has 0 aliphatic carbocycles. The molecule has 8 heteroatoms. The molecule has 0 radical (unpaired) electrons. The number of carbonyl (C=O) groups excluding carboxylic acids is 1. The average Bonchev–Trinajstić information content (AvgIpc) is 3.08. The molecule has 0 saturated carbocycles. The monoisotopic (exact) mass is 356 g/mol. The van der Waals surface area contributed by atoms with E-state index in [0.717, 1.165) is 13.1 Å². The Bertz CT molecular complexity index is 766. The summed E-state index contributed by atoms with van der Waals surface area (Å²) in [7, 11) is 6.23. The summed E-state index contributed by atoms with van der Waals surface area (Å²) in [5, 5.41) is 7.33. The topological polar surface area (TPSA) is 60.2 Å². The summed E-state index contributed by atoms with van der Waals surface area (Å²) in [5.41, 5.74) is 0.963. The van der Waals surface area contributed by atoms with E-state index in [1.165, 1.54) is 6.07 Å². The number of aromatic nitrogens is 1. The molecule has 5 nitrogen and oxygen atoms in total. The van der Waals surface area contributed by atoms with Gasteiger partial charge in [-0.2, -0.15) is 0 Å². The zero-order valence-corrected chi connectivity index (χ0v) is 14.8. The molecular formula is C15H19ClFN4OP. The number of rotatable bonds is 3. The number of halogens is 2. The standard InChI is InChI=1S/C15H19ClFN4OP/c1-18-10-5-21(2)6-11(10)20-15(22)9-4-7-3-8(16)12(17)14(23)13(7)19-9/h3-4,10-11,18-19H,5-6,23H2,1-2H3,(H,20,22)/t10-,11+/m0/s1. The number of amides is 1. The molecule has 1 aliphatic heterocycles. The van der Waals surface area contributed by atoms with E-state index in [-0.39, 0.29) is 23.0 Å². The number of nitrogens with zero attached hydrogens (tertiary/aromatic N) is 1. The second-order valence-corrected chi connectivity index (χ2v) is 6.91. The smallest absolute Gasteiger partial charge is 0.268 e. The highest BCUT2D eigenvalue weighted by Gasteiger charge is 2.31. The van der Waals surface area contributed by atoms with E-state index < -0.39 is 5.82 Å². The Hall–Kier alpha value is -1.20. The molecule has 23 heavy (non-hydrogen) atoms. The fourth-order valence-corrected chi connectivity index (χ4v) is 3.76. The Kier molecular flexibility index (Phi) is 4.61. The maximum absolute atomic E-state index is 13.9. The van der Waals surface area contributed by atoms with Crippen LogP contribution in [0.5, 0.6) is 0 Å². The molecule has 1 aromatic carbocycles. The van der Waals surface area contributed by atoms with Crippen molar-refractivity contribution in [2.75, 3.05) is 27.2 Å². The van der Waals surface area contributed by atoms with Crippen LogP contribution in [0.3, 0.4) is 0 Å². The van der Waals surface area contributed by atoms with Crippen LogP contribution in [0, 0.1) is 5.82 Å². The quantitative estimate of drug-likeness (QED) is 0.722. The van der Waals surface area contributed by atoms with Crippen LogP contribution >= 0.6 is 20.8 Å². The molecule has 3 rings (SSSR count). The molecule has 1 aromatic heterocycles. The van der Waals surface area contributed by atoms with Crippen molar-refractivity contribution >= 4 is 43.0 Å². The van der Waals surface area contributed by atoms with Gasteiger partial charge in [0.2, 0.25) is 0 Å². The predicted molar refractivity (Wildman–Crippen MR) is 94.2 cm³/mol. The van der Waals surface area contributed by atoms with E-state index in [2.05, 4.69) is 29.8 Å². The van der Waals surface area contributed by atoms with E-state index in [4.69, 9.17) is 11.6 Å². The first kappa shape index (κ1) is 16.7. The minimum Gasteiger partial charge on any atom is -0.350 e. The third-order valence-electron chi connectivity index (χ3n) is 4.28. The molecular weight excluding hydrogens is 338 g/mol. The maximum atomic E-state index is 13.9. The number of fused-ring (bicyclic) bond motifs is 1. The van der Waals surface area contributed by atoms with Crippen molar-refractivity contribution in [3.05, 3.63) is 28.7 Å². The molecule has 0 spiro atoms. The van der Waals surface area contributed by atoms with Crippen LogP contribution in [0.1, 0.15) is 10.5 Å². The van der Waals surface area contributed by atoms with Crippen molar-refractivity contribution in [3.63, 3.8) is 0 Å². The summed E-state index contributed by atoms with van der Waals surface area (Å²) < 4.78 is 13.9. The van der Waals surface area contributed by atoms with Crippen LogP contribution < -0.4 is 15.9 Å². The molecule has 3 atom stereocenters. The first-order valence-corrected chi connectivity index (χ1v) is 8.29.